The zero-order valence-corrected chi connectivity index (χ0v) is 23.6. The van der Waals surface area contributed by atoms with Crippen molar-refractivity contribution in [3.63, 3.8) is 0 Å². The zero-order valence-electron chi connectivity index (χ0n) is 22.9. The van der Waals surface area contributed by atoms with Crippen molar-refractivity contribution < 1.29 is 23.9 Å². The van der Waals surface area contributed by atoms with E-state index in [1.807, 2.05) is 24.3 Å². The van der Waals surface area contributed by atoms with Crippen molar-refractivity contribution in [3.8, 4) is 5.75 Å². The van der Waals surface area contributed by atoms with Crippen molar-refractivity contribution in [1.82, 2.24) is 0 Å². The lowest BCUT2D eigenvalue weighted by Gasteiger charge is -2.45. The maximum atomic E-state index is 14.0. The third-order valence-corrected chi connectivity index (χ3v) is 9.58. The number of anilines is 2. The van der Waals surface area contributed by atoms with E-state index in [9.17, 15) is 19.2 Å². The highest BCUT2D eigenvalue weighted by molar-refractivity contribution is 6.31. The first-order valence-corrected chi connectivity index (χ1v) is 14.7. The Kier molecular flexibility index (Phi) is 5.81. The second-order valence-corrected chi connectivity index (χ2v) is 12.0. The third-order valence-electron chi connectivity index (χ3n) is 9.34. The summed E-state index contributed by atoms with van der Waals surface area (Å²) in [6.07, 6.45) is 0.0378. The van der Waals surface area contributed by atoms with Crippen molar-refractivity contribution in [2.24, 2.45) is 17.8 Å². The summed E-state index contributed by atoms with van der Waals surface area (Å²) in [6, 6.07) is 29.7. The van der Waals surface area contributed by atoms with Crippen LogP contribution < -0.4 is 14.5 Å². The molecule has 0 spiro atoms. The van der Waals surface area contributed by atoms with Crippen LogP contribution in [-0.4, -0.2) is 30.2 Å². The number of imide groups is 1. The molecule has 4 aromatic rings. The van der Waals surface area contributed by atoms with E-state index in [-0.39, 0.29) is 48.3 Å². The van der Waals surface area contributed by atoms with Gasteiger partial charge in [0.2, 0.25) is 17.7 Å². The number of carbonyl (C=O) groups is 4. The lowest BCUT2D eigenvalue weighted by Crippen LogP contribution is -2.41. The minimum atomic E-state index is -0.630. The molecule has 0 saturated carbocycles. The first-order valence-electron chi connectivity index (χ1n) is 14.3. The molecule has 9 rings (SSSR count). The second-order valence-electron chi connectivity index (χ2n) is 11.6. The van der Waals surface area contributed by atoms with Crippen LogP contribution in [0.4, 0.5) is 11.4 Å². The van der Waals surface area contributed by atoms with Crippen LogP contribution in [0.5, 0.6) is 5.75 Å². The Morgan fingerprint density at radius 2 is 1.26 bits per heavy atom. The van der Waals surface area contributed by atoms with E-state index in [0.29, 0.717) is 16.4 Å². The van der Waals surface area contributed by atoms with Crippen LogP contribution in [0.3, 0.4) is 0 Å². The van der Waals surface area contributed by atoms with Crippen LogP contribution in [0.15, 0.2) is 97.1 Å². The van der Waals surface area contributed by atoms with Gasteiger partial charge in [-0.05, 0) is 64.7 Å². The number of nitrogens with zero attached hydrogens (tertiary/aromatic N) is 2. The van der Waals surface area contributed by atoms with Gasteiger partial charge in [-0.2, -0.15) is 0 Å². The van der Waals surface area contributed by atoms with Gasteiger partial charge in [0.05, 0.1) is 23.4 Å². The van der Waals surface area contributed by atoms with Crippen LogP contribution in [0.25, 0.3) is 0 Å². The van der Waals surface area contributed by atoms with Crippen molar-refractivity contribution in [2.75, 3.05) is 16.3 Å². The van der Waals surface area contributed by atoms with Gasteiger partial charge >= 0.3 is 5.97 Å². The predicted octanol–water partition coefficient (Wildman–Crippen LogP) is 5.70. The van der Waals surface area contributed by atoms with Crippen molar-refractivity contribution >= 4 is 46.7 Å². The zero-order chi connectivity index (χ0) is 29.4. The van der Waals surface area contributed by atoms with E-state index in [4.69, 9.17) is 16.3 Å². The molecule has 0 N–H and O–H groups in total. The Balaban J connectivity index is 1.02. The lowest BCUT2D eigenvalue weighted by molar-refractivity contribution is -0.139. The number of amides is 3. The lowest BCUT2D eigenvalue weighted by atomic mass is 9.55. The Morgan fingerprint density at radius 3 is 1.79 bits per heavy atom. The van der Waals surface area contributed by atoms with Gasteiger partial charge in [0, 0.05) is 35.5 Å². The first kappa shape index (κ1) is 25.9. The van der Waals surface area contributed by atoms with E-state index in [0.717, 1.165) is 22.3 Å². The molecular weight excluding hydrogens is 564 g/mol. The summed E-state index contributed by atoms with van der Waals surface area (Å²) in [7, 11) is 0. The Hall–Kier alpha value is -4.75. The molecule has 2 fully saturated rings. The average molecular weight is 589 g/mol. The number of ether oxygens (including phenoxy) is 1. The maximum absolute atomic E-state index is 14.0. The predicted molar refractivity (Wildman–Crippen MR) is 160 cm³/mol. The number of carbonyl (C=O) groups excluding carboxylic acids is 4. The fourth-order valence-corrected chi connectivity index (χ4v) is 7.74. The quantitative estimate of drug-likeness (QED) is 0.174. The highest BCUT2D eigenvalue weighted by Gasteiger charge is 2.61. The smallest absolute Gasteiger partial charge is 0.316 e. The summed E-state index contributed by atoms with van der Waals surface area (Å²) in [5.41, 5.74) is 5.57. The largest absolute Gasteiger partial charge is 0.426 e. The molecule has 8 heteroatoms. The molecule has 5 aliphatic rings. The van der Waals surface area contributed by atoms with E-state index in [1.54, 1.807) is 48.5 Å². The molecule has 3 atom stereocenters. The molecule has 7 nitrogen and oxygen atoms in total. The molecule has 3 amide bonds. The third kappa shape index (κ3) is 3.88. The van der Waals surface area contributed by atoms with Gasteiger partial charge in [-0.25, -0.2) is 4.90 Å². The van der Waals surface area contributed by atoms with E-state index in [1.165, 1.54) is 9.80 Å². The minimum Gasteiger partial charge on any atom is -0.426 e. The second kappa shape index (κ2) is 9.64. The number of hydrogen-bond donors (Lipinski definition) is 0. The molecule has 3 aliphatic carbocycles. The summed E-state index contributed by atoms with van der Waals surface area (Å²) in [6.45, 7) is 0.197. The molecule has 2 saturated heterocycles. The first-order chi connectivity index (χ1) is 20.9. The van der Waals surface area contributed by atoms with Gasteiger partial charge in [-0.15, -0.1) is 0 Å². The monoisotopic (exact) mass is 588 g/mol. The van der Waals surface area contributed by atoms with Gasteiger partial charge in [0.25, 0.3) is 0 Å². The van der Waals surface area contributed by atoms with Crippen molar-refractivity contribution in [2.45, 2.75) is 18.3 Å². The molecule has 212 valence electrons. The molecule has 2 bridgehead atoms. The highest BCUT2D eigenvalue weighted by atomic mass is 35.5. The van der Waals surface area contributed by atoms with Gasteiger partial charge in [-0.3, -0.25) is 19.2 Å². The fourth-order valence-electron chi connectivity index (χ4n) is 7.55. The molecule has 0 unspecified atom stereocenters. The van der Waals surface area contributed by atoms with Gasteiger partial charge in [0.15, 0.2) is 0 Å². The standard InChI is InChI=1S/C35H25ClN2O5/c36-20-6-5-7-22(17-20)37-18-19(16-28(37)39)35(42)43-23-14-12-21(13-15-23)38-33(40)31-29-24-8-1-2-9-25(24)30(32(31)34(38)41)27-11-4-3-10-26(27)29/h1-15,17,19,29-32H,16,18H2/t19-,29?,30?,31-,32+/m0/s1. The summed E-state index contributed by atoms with van der Waals surface area (Å²) in [5.74, 6) is -2.75. The van der Waals surface area contributed by atoms with Crippen molar-refractivity contribution in [3.05, 3.63) is 124 Å². The summed E-state index contributed by atoms with van der Waals surface area (Å²) >= 11 is 6.08. The Bertz CT molecular complexity index is 1740. The summed E-state index contributed by atoms with van der Waals surface area (Å²) < 4.78 is 5.62. The van der Waals surface area contributed by atoms with E-state index in [2.05, 4.69) is 24.3 Å². The van der Waals surface area contributed by atoms with E-state index >= 15 is 0 Å². The van der Waals surface area contributed by atoms with Crippen LogP contribution >= 0.6 is 11.6 Å². The molecule has 2 aliphatic heterocycles. The topological polar surface area (TPSA) is 84.0 Å². The summed E-state index contributed by atoms with van der Waals surface area (Å²) in [4.78, 5) is 56.4. The number of rotatable bonds is 4. The van der Waals surface area contributed by atoms with Crippen LogP contribution in [0.2, 0.25) is 5.02 Å². The number of hydrogen-bond acceptors (Lipinski definition) is 5. The summed E-state index contributed by atoms with van der Waals surface area (Å²) in [5, 5.41) is 0.507. The van der Waals surface area contributed by atoms with Crippen LogP contribution in [0.1, 0.15) is 40.5 Å². The fraction of sp³-hybridized carbons (Fsp3) is 0.200. The number of halogens is 1. The molecule has 43 heavy (non-hydrogen) atoms. The van der Waals surface area contributed by atoms with Crippen LogP contribution in [-0.2, 0) is 19.2 Å². The Labute approximate surface area is 252 Å². The van der Waals surface area contributed by atoms with E-state index < -0.39 is 23.7 Å². The normalized spacial score (nSPS) is 25.0. The molecule has 0 radical (unpaired) electrons. The maximum Gasteiger partial charge on any atom is 0.316 e. The van der Waals surface area contributed by atoms with Crippen LogP contribution in [0, 0.1) is 17.8 Å². The minimum absolute atomic E-state index is 0.0378. The molecule has 4 aromatic carbocycles. The number of esters is 1. The van der Waals surface area contributed by atoms with Gasteiger partial charge in [0.1, 0.15) is 5.75 Å². The highest BCUT2D eigenvalue weighted by Crippen LogP contribution is 2.61. The molecular formula is C35H25ClN2O5. The van der Waals surface area contributed by atoms with Gasteiger partial charge in [-0.1, -0.05) is 66.2 Å². The van der Waals surface area contributed by atoms with Gasteiger partial charge < -0.3 is 9.64 Å². The molecule has 0 aromatic heterocycles. The SMILES string of the molecule is O=C(Oc1ccc(N2C(=O)[C@@H]3C4c5ccccc5C(c5ccccc54)[C@@H]3C2=O)cc1)[C@H]1CC(=O)N(c2cccc(Cl)c2)C1. The number of benzene rings is 4. The molecule has 2 heterocycles. The average Bonchev–Trinajstić information content (AvgIpc) is 3.54. The Morgan fingerprint density at radius 1 is 0.698 bits per heavy atom. The van der Waals surface area contributed by atoms with Crippen molar-refractivity contribution in [1.29, 1.82) is 0 Å².